The smallest absolute Gasteiger partial charge is 0.200 e. The number of carbonyl (C=O) groups is 1. The number of likely N-dealkylation sites (N-methyl/N-ethyl adjacent to an activating group) is 1. The van der Waals surface area contributed by atoms with Crippen LogP contribution in [0.4, 0.5) is 5.69 Å². The Kier molecular flexibility index (Phi) is 14.1. The van der Waals surface area contributed by atoms with Gasteiger partial charge >= 0.3 is 0 Å². The van der Waals surface area contributed by atoms with Gasteiger partial charge in [0.2, 0.25) is 5.75 Å². The fraction of sp³-hybridized carbons (Fsp3) is 0.441. The zero-order valence-electron chi connectivity index (χ0n) is 41.1. The molecule has 10 rings (SSSR count). The lowest BCUT2D eigenvalue weighted by atomic mass is 9.57. The Labute approximate surface area is 416 Å². The Bertz CT molecular complexity index is 2840. The highest BCUT2D eigenvalue weighted by Crippen LogP contribution is 2.58. The molecule has 71 heavy (non-hydrogen) atoms. The molecule has 3 aliphatic heterocycles. The number of nitrogens with one attached hydrogen (secondary N) is 4. The first-order chi connectivity index (χ1) is 34.5. The number of aromatic amines is 1. The normalized spacial score (nSPS) is 25.8. The number of aliphatic hydroxyl groups excluding tert-OH is 1. The van der Waals surface area contributed by atoms with Gasteiger partial charge in [-0.2, -0.15) is 0 Å². The summed E-state index contributed by atoms with van der Waals surface area (Å²) in [5, 5.41) is 70.4. The van der Waals surface area contributed by atoms with E-state index < -0.39 is 23.4 Å². The van der Waals surface area contributed by atoms with E-state index in [4.69, 9.17) is 9.47 Å². The van der Waals surface area contributed by atoms with Gasteiger partial charge in [-0.15, -0.1) is 0 Å². The number of hydrogen-bond donors (Lipinski definition) is 9. The topological polar surface area (TPSA) is 189 Å². The standard InChI is InChI=1S/C59H70N4O8/c1-35-7-3-8-36(25-35)34-71-53-30-40(29-52(68)57(53)69)39-26-41(33-60-2)55-46-16-15-45(64)27-38(46)12-17-48(55)63-54-32-43(20-23-62-54)59(21-4-9-42(59)31-44-10-5-22-61-44)56(51(67)28-39)49(65)18-13-37-14-19-50(66)58-47(37)11-6-24-70-58/h3,5,8,10,12,14-17,19-20,22,27,29-30,32,35-36,39,41-42,49,56,60-66,68-69H,4,6-7,9,11,13,18,21,23-26,28,31,33-34H2,1-2H3/t35-,36-,39+,41+,42-,49-,56+,59+/m1/s1. The molecule has 5 aliphatic rings. The van der Waals surface area contributed by atoms with Crippen LogP contribution in [0.1, 0.15) is 104 Å². The van der Waals surface area contributed by atoms with Crippen molar-refractivity contribution >= 4 is 22.2 Å². The van der Waals surface area contributed by atoms with Gasteiger partial charge in [0.15, 0.2) is 23.0 Å². The molecule has 9 N–H and O–H groups in total. The van der Waals surface area contributed by atoms with Crippen LogP contribution >= 0.6 is 0 Å². The molecule has 5 aromatic rings. The van der Waals surface area contributed by atoms with E-state index in [2.05, 4.69) is 64.3 Å². The Balaban J connectivity index is 1.13. The lowest BCUT2D eigenvalue weighted by Gasteiger charge is -2.46. The summed E-state index contributed by atoms with van der Waals surface area (Å²) in [6.07, 6.45) is 17.6. The number of benzene rings is 4. The Morgan fingerprint density at radius 3 is 2.72 bits per heavy atom. The first kappa shape index (κ1) is 48.3. The van der Waals surface area contributed by atoms with Gasteiger partial charge in [0.05, 0.1) is 25.2 Å². The minimum atomic E-state index is -1.05. The van der Waals surface area contributed by atoms with Gasteiger partial charge in [0.1, 0.15) is 17.4 Å². The van der Waals surface area contributed by atoms with Crippen molar-refractivity contribution < 1.29 is 39.8 Å². The molecule has 1 saturated carbocycles. The molecular formula is C59H70N4O8. The van der Waals surface area contributed by atoms with Crippen LogP contribution in [0.15, 0.2) is 109 Å². The Morgan fingerprint density at radius 2 is 1.89 bits per heavy atom. The number of phenols is 4. The number of hydrogen-bond acceptors (Lipinski definition) is 11. The van der Waals surface area contributed by atoms with Crippen LogP contribution < -0.4 is 25.4 Å². The van der Waals surface area contributed by atoms with E-state index >= 15 is 4.79 Å². The molecule has 2 bridgehead atoms. The van der Waals surface area contributed by atoms with Gasteiger partial charge in [-0.05, 0) is 183 Å². The van der Waals surface area contributed by atoms with E-state index in [-0.39, 0.29) is 58.7 Å². The van der Waals surface area contributed by atoms with Gasteiger partial charge in [-0.3, -0.25) is 4.79 Å². The third-order valence-corrected chi connectivity index (χ3v) is 16.4. The van der Waals surface area contributed by atoms with Crippen LogP contribution in [0.5, 0.6) is 34.5 Å². The number of aliphatic hydroxyl groups is 1. The fourth-order valence-electron chi connectivity index (χ4n) is 13.2. The van der Waals surface area contributed by atoms with Crippen molar-refractivity contribution in [1.82, 2.24) is 15.6 Å². The number of rotatable bonds is 12. The molecule has 8 atom stereocenters. The summed E-state index contributed by atoms with van der Waals surface area (Å²) in [5.74, 6) is 0.161. The lowest BCUT2D eigenvalue weighted by Crippen LogP contribution is -2.48. The van der Waals surface area contributed by atoms with E-state index in [1.165, 1.54) is 0 Å². The minimum Gasteiger partial charge on any atom is -0.508 e. The highest BCUT2D eigenvalue weighted by molar-refractivity contribution is 5.92. The molecular weight excluding hydrogens is 893 g/mol. The molecule has 12 nitrogen and oxygen atoms in total. The fourth-order valence-corrected chi connectivity index (χ4v) is 13.2. The molecule has 4 heterocycles. The molecule has 0 unspecified atom stereocenters. The predicted molar refractivity (Wildman–Crippen MR) is 277 cm³/mol. The number of aromatic hydroxyl groups is 4. The predicted octanol–water partition coefficient (Wildman–Crippen LogP) is 10.2. The Hall–Kier alpha value is -6.37. The lowest BCUT2D eigenvalue weighted by molar-refractivity contribution is -0.134. The van der Waals surface area contributed by atoms with E-state index in [9.17, 15) is 25.5 Å². The van der Waals surface area contributed by atoms with Crippen LogP contribution in [0.2, 0.25) is 0 Å². The number of dihydropyridines is 1. The van der Waals surface area contributed by atoms with Crippen LogP contribution in [-0.2, 0) is 24.1 Å². The van der Waals surface area contributed by atoms with Crippen molar-refractivity contribution in [2.24, 2.45) is 29.1 Å². The van der Waals surface area contributed by atoms with Crippen LogP contribution in [0.3, 0.4) is 0 Å². The summed E-state index contributed by atoms with van der Waals surface area (Å²) in [4.78, 5) is 19.8. The average molecular weight is 963 g/mol. The number of aryl methyl sites for hydroxylation is 1. The summed E-state index contributed by atoms with van der Waals surface area (Å²) in [5.41, 5.74) is 5.87. The van der Waals surface area contributed by atoms with E-state index in [0.717, 1.165) is 88.8 Å². The molecule has 1 spiro atoms. The van der Waals surface area contributed by atoms with E-state index in [0.29, 0.717) is 75.6 Å². The van der Waals surface area contributed by atoms with Gasteiger partial charge in [0.25, 0.3) is 0 Å². The number of aromatic nitrogens is 1. The summed E-state index contributed by atoms with van der Waals surface area (Å²) in [7, 11) is 1.92. The molecule has 0 saturated heterocycles. The number of anilines is 1. The van der Waals surface area contributed by atoms with Crippen LogP contribution in [0, 0.1) is 29.1 Å². The summed E-state index contributed by atoms with van der Waals surface area (Å²) in [6, 6.07) is 20.7. The SMILES string of the molecule is CNC[C@@H]1C[C@H](c2cc(O)c(O)c(OC[C@@H]3C=CC[C@@H](C)C3)c2)CC(=O)[C@H]([C@H](O)CCc2ccc(O)c3c2CCCO3)[C@]2(CCC[C@@H]2Cc2ccc[nH]2)C2=CCNC(=C2)Nc2ccc3cc(O)ccc3c21. The van der Waals surface area contributed by atoms with Crippen LogP contribution in [0.25, 0.3) is 10.8 Å². The maximum atomic E-state index is 16.4. The number of phenolic OH excluding ortho intramolecular Hbond substituents is 4. The summed E-state index contributed by atoms with van der Waals surface area (Å²) < 4.78 is 12.4. The zero-order valence-corrected chi connectivity index (χ0v) is 41.1. The first-order valence-electron chi connectivity index (χ1n) is 26.0. The second-order valence-corrected chi connectivity index (χ2v) is 21.1. The van der Waals surface area contributed by atoms with Crippen molar-refractivity contribution in [2.45, 2.75) is 102 Å². The van der Waals surface area contributed by atoms with Crippen molar-refractivity contribution in [1.29, 1.82) is 0 Å². The van der Waals surface area contributed by atoms with Crippen molar-refractivity contribution in [3.63, 3.8) is 0 Å². The van der Waals surface area contributed by atoms with E-state index in [1.807, 2.05) is 43.6 Å². The monoisotopic (exact) mass is 963 g/mol. The largest absolute Gasteiger partial charge is 0.508 e. The average Bonchev–Trinajstić information content (AvgIpc) is 4.04. The molecule has 0 radical (unpaired) electrons. The third-order valence-electron chi connectivity index (χ3n) is 16.4. The summed E-state index contributed by atoms with van der Waals surface area (Å²) >= 11 is 0. The minimum absolute atomic E-state index is 0.000215. The molecule has 2 aliphatic carbocycles. The molecule has 374 valence electrons. The van der Waals surface area contributed by atoms with E-state index in [1.54, 1.807) is 24.3 Å². The van der Waals surface area contributed by atoms with Gasteiger partial charge in [0, 0.05) is 54.0 Å². The number of ketones is 1. The third kappa shape index (κ3) is 9.85. The molecule has 1 aromatic heterocycles. The number of H-pyrrole nitrogens is 1. The second-order valence-electron chi connectivity index (χ2n) is 21.1. The highest BCUT2D eigenvalue weighted by atomic mass is 16.5. The number of Topliss-reactive ketones (excluding diaryl/α,β-unsaturated/α-hetero) is 1. The number of carbonyl (C=O) groups excluding carboxylic acids is 1. The number of fused-ring (bicyclic) bond motifs is 6. The van der Waals surface area contributed by atoms with Crippen molar-refractivity contribution in [3.8, 4) is 34.5 Å². The maximum Gasteiger partial charge on any atom is 0.200 e. The second kappa shape index (κ2) is 20.8. The summed E-state index contributed by atoms with van der Waals surface area (Å²) in [6.45, 7) is 4.14. The van der Waals surface area contributed by atoms with Crippen molar-refractivity contribution in [3.05, 3.63) is 137 Å². The maximum absolute atomic E-state index is 16.4. The van der Waals surface area contributed by atoms with Crippen molar-refractivity contribution in [2.75, 3.05) is 38.7 Å². The first-order valence-corrected chi connectivity index (χ1v) is 26.0. The Morgan fingerprint density at radius 1 is 1.00 bits per heavy atom. The molecule has 4 aromatic carbocycles. The quantitative estimate of drug-likeness (QED) is 0.0428. The van der Waals surface area contributed by atoms with Crippen LogP contribution in [-0.4, -0.2) is 75.8 Å². The molecule has 0 amide bonds. The molecule has 1 fully saturated rings. The van der Waals surface area contributed by atoms with Gasteiger partial charge < -0.3 is 55.9 Å². The molecule has 12 heteroatoms. The highest BCUT2D eigenvalue weighted by Gasteiger charge is 2.55. The van der Waals surface area contributed by atoms with Gasteiger partial charge in [-0.1, -0.05) is 49.8 Å². The number of ether oxygens (including phenoxy) is 2. The number of allylic oxidation sites excluding steroid dienone is 3. The zero-order chi connectivity index (χ0) is 49.2. The van der Waals surface area contributed by atoms with Gasteiger partial charge in [-0.25, -0.2) is 0 Å².